The van der Waals surface area contributed by atoms with Gasteiger partial charge in [0.1, 0.15) is 0 Å². The Morgan fingerprint density at radius 1 is 0.893 bits per heavy atom. The van der Waals surface area contributed by atoms with Crippen LogP contribution in [0.15, 0.2) is 66.9 Å². The summed E-state index contributed by atoms with van der Waals surface area (Å²) in [5.41, 5.74) is 6.75. The van der Waals surface area contributed by atoms with Gasteiger partial charge in [-0.1, -0.05) is 54.1 Å². The Balaban J connectivity index is 1.72. The van der Waals surface area contributed by atoms with Gasteiger partial charge in [-0.2, -0.15) is 0 Å². The molecule has 0 N–H and O–H groups in total. The highest BCUT2D eigenvalue weighted by Gasteiger charge is 2.11. The molecule has 28 heavy (non-hydrogen) atoms. The van der Waals surface area contributed by atoms with E-state index in [9.17, 15) is 0 Å². The first-order valence-electron chi connectivity index (χ1n) is 10.1. The number of benzene rings is 2. The van der Waals surface area contributed by atoms with Gasteiger partial charge in [-0.25, -0.2) is 0 Å². The zero-order chi connectivity index (χ0) is 19.8. The highest BCUT2D eigenvalue weighted by atomic mass is 16.5. The molecule has 148 valence electrons. The van der Waals surface area contributed by atoms with Crippen LogP contribution in [0, 0.1) is 13.8 Å². The van der Waals surface area contributed by atoms with Crippen LogP contribution in [0.5, 0.6) is 0 Å². The predicted molar refractivity (Wildman–Crippen MR) is 116 cm³/mol. The zero-order valence-electron chi connectivity index (χ0n) is 17.4. The molecule has 0 atom stereocenters. The lowest BCUT2D eigenvalue weighted by Gasteiger charge is -2.23. The molecule has 3 nitrogen and oxygen atoms in total. The van der Waals surface area contributed by atoms with Gasteiger partial charge >= 0.3 is 0 Å². The van der Waals surface area contributed by atoms with Crippen LogP contribution in [-0.4, -0.2) is 29.7 Å². The van der Waals surface area contributed by atoms with Gasteiger partial charge in [0.25, 0.3) is 0 Å². The third-order valence-electron chi connectivity index (χ3n) is 5.26. The first kappa shape index (κ1) is 20.4. The maximum absolute atomic E-state index is 5.28. The number of methoxy groups -OCH3 is 1. The summed E-state index contributed by atoms with van der Waals surface area (Å²) in [7, 11) is 1.78. The minimum Gasteiger partial charge on any atom is -0.385 e. The van der Waals surface area contributed by atoms with Gasteiger partial charge < -0.3 is 9.30 Å². The first-order chi connectivity index (χ1) is 13.7. The van der Waals surface area contributed by atoms with Crippen molar-refractivity contribution in [3.05, 3.63) is 94.8 Å². The Labute approximate surface area is 169 Å². The molecule has 2 aromatic carbocycles. The molecule has 0 saturated heterocycles. The second kappa shape index (κ2) is 10.3. The Kier molecular flexibility index (Phi) is 7.46. The average Bonchev–Trinajstić information content (AvgIpc) is 3.12. The number of rotatable bonds is 10. The third-order valence-corrected chi connectivity index (χ3v) is 5.26. The van der Waals surface area contributed by atoms with Crippen molar-refractivity contribution in [2.75, 3.05) is 20.3 Å². The molecule has 0 aliphatic heterocycles. The molecule has 0 aliphatic rings. The highest BCUT2D eigenvalue weighted by molar-refractivity contribution is 5.27. The van der Waals surface area contributed by atoms with Crippen molar-refractivity contribution in [3.8, 4) is 0 Å². The normalized spacial score (nSPS) is 11.3. The molecule has 3 heteroatoms. The van der Waals surface area contributed by atoms with E-state index >= 15 is 0 Å². The highest BCUT2D eigenvalue weighted by Crippen LogP contribution is 2.16. The van der Waals surface area contributed by atoms with Gasteiger partial charge in [-0.15, -0.1) is 0 Å². The molecule has 3 aromatic rings. The second-order valence-corrected chi connectivity index (χ2v) is 7.60. The Morgan fingerprint density at radius 3 is 2.43 bits per heavy atom. The fourth-order valence-electron chi connectivity index (χ4n) is 3.55. The van der Waals surface area contributed by atoms with Gasteiger partial charge in [0.05, 0.1) is 0 Å². The van der Waals surface area contributed by atoms with Crippen LogP contribution >= 0.6 is 0 Å². The third kappa shape index (κ3) is 5.82. The maximum atomic E-state index is 5.28. The van der Waals surface area contributed by atoms with E-state index in [1.165, 1.54) is 27.9 Å². The molecular weight excluding hydrogens is 344 g/mol. The SMILES string of the molecule is COCCCN(Cc1ccc(C)cc1)Cc1cccn1Cc1ccccc1C. The summed E-state index contributed by atoms with van der Waals surface area (Å²) in [6.07, 6.45) is 3.24. The molecule has 0 aliphatic carbocycles. The summed E-state index contributed by atoms with van der Waals surface area (Å²) in [5.74, 6) is 0. The van der Waals surface area contributed by atoms with Crippen molar-refractivity contribution in [3.63, 3.8) is 0 Å². The number of aromatic nitrogens is 1. The lowest BCUT2D eigenvalue weighted by Crippen LogP contribution is -2.26. The van der Waals surface area contributed by atoms with Crippen LogP contribution in [-0.2, 0) is 24.4 Å². The summed E-state index contributed by atoms with van der Waals surface area (Å²) in [6.45, 7) is 8.97. The van der Waals surface area contributed by atoms with Gasteiger partial charge in [-0.05, 0) is 49.1 Å². The minimum absolute atomic E-state index is 0.800. The van der Waals surface area contributed by atoms with Crippen molar-refractivity contribution >= 4 is 0 Å². The van der Waals surface area contributed by atoms with E-state index in [-0.39, 0.29) is 0 Å². The Morgan fingerprint density at radius 2 is 1.68 bits per heavy atom. The van der Waals surface area contributed by atoms with Crippen LogP contribution in [0.1, 0.15) is 34.4 Å². The van der Waals surface area contributed by atoms with Crippen molar-refractivity contribution in [2.24, 2.45) is 0 Å². The smallest absolute Gasteiger partial charge is 0.0476 e. The van der Waals surface area contributed by atoms with Crippen molar-refractivity contribution < 1.29 is 4.74 Å². The topological polar surface area (TPSA) is 17.4 Å². The van der Waals surface area contributed by atoms with Crippen LogP contribution in [0.2, 0.25) is 0 Å². The number of nitrogens with zero attached hydrogens (tertiary/aromatic N) is 2. The molecule has 0 radical (unpaired) electrons. The molecule has 0 spiro atoms. The number of hydrogen-bond donors (Lipinski definition) is 0. The van der Waals surface area contributed by atoms with Gasteiger partial charge in [0.15, 0.2) is 0 Å². The average molecular weight is 377 g/mol. The molecule has 1 aromatic heterocycles. The van der Waals surface area contributed by atoms with Crippen molar-refractivity contribution in [1.29, 1.82) is 0 Å². The predicted octanol–water partition coefficient (Wildman–Crippen LogP) is 5.19. The number of hydrogen-bond acceptors (Lipinski definition) is 2. The summed E-state index contributed by atoms with van der Waals surface area (Å²) < 4.78 is 7.65. The van der Waals surface area contributed by atoms with E-state index in [1.54, 1.807) is 7.11 Å². The van der Waals surface area contributed by atoms with E-state index in [1.807, 2.05) is 0 Å². The second-order valence-electron chi connectivity index (χ2n) is 7.60. The zero-order valence-corrected chi connectivity index (χ0v) is 17.4. The lowest BCUT2D eigenvalue weighted by atomic mass is 10.1. The monoisotopic (exact) mass is 376 g/mol. The molecular formula is C25H32N2O. The fraction of sp³-hybridized carbons (Fsp3) is 0.360. The summed E-state index contributed by atoms with van der Waals surface area (Å²) in [6, 6.07) is 21.9. The molecule has 3 rings (SSSR count). The van der Waals surface area contributed by atoms with E-state index in [0.29, 0.717) is 0 Å². The summed E-state index contributed by atoms with van der Waals surface area (Å²) in [5, 5.41) is 0. The van der Waals surface area contributed by atoms with E-state index in [4.69, 9.17) is 4.74 Å². The Bertz CT molecular complexity index is 851. The molecule has 0 fully saturated rings. The maximum Gasteiger partial charge on any atom is 0.0476 e. The van der Waals surface area contributed by atoms with Crippen LogP contribution < -0.4 is 0 Å². The van der Waals surface area contributed by atoms with E-state index in [2.05, 4.69) is 90.2 Å². The molecule has 1 heterocycles. The quantitative estimate of drug-likeness (QED) is 0.453. The summed E-state index contributed by atoms with van der Waals surface area (Å²) >= 11 is 0. The largest absolute Gasteiger partial charge is 0.385 e. The first-order valence-corrected chi connectivity index (χ1v) is 10.1. The van der Waals surface area contributed by atoms with Crippen LogP contribution in [0.3, 0.4) is 0 Å². The van der Waals surface area contributed by atoms with E-state index in [0.717, 1.165) is 39.2 Å². The van der Waals surface area contributed by atoms with Gasteiger partial charge in [0, 0.05) is 51.8 Å². The lowest BCUT2D eigenvalue weighted by molar-refractivity contribution is 0.165. The van der Waals surface area contributed by atoms with Gasteiger partial charge in [-0.3, -0.25) is 4.90 Å². The fourth-order valence-corrected chi connectivity index (χ4v) is 3.55. The van der Waals surface area contributed by atoms with Crippen LogP contribution in [0.4, 0.5) is 0 Å². The number of aryl methyl sites for hydroxylation is 2. The molecule has 0 bridgehead atoms. The van der Waals surface area contributed by atoms with Gasteiger partial charge in [0.2, 0.25) is 0 Å². The van der Waals surface area contributed by atoms with Crippen molar-refractivity contribution in [1.82, 2.24) is 9.47 Å². The molecule has 0 unspecified atom stereocenters. The Hall–Kier alpha value is -2.36. The standard InChI is InChI=1S/C25H32N2O/c1-21-11-13-23(14-12-21)18-26(15-7-17-28-3)20-25-10-6-16-27(25)19-24-9-5-4-8-22(24)2/h4-6,8-14,16H,7,15,17-20H2,1-3H3. The number of ether oxygens (including phenoxy) is 1. The van der Waals surface area contributed by atoms with Crippen molar-refractivity contribution in [2.45, 2.75) is 39.9 Å². The van der Waals surface area contributed by atoms with Crippen LogP contribution in [0.25, 0.3) is 0 Å². The molecule has 0 amide bonds. The summed E-state index contributed by atoms with van der Waals surface area (Å²) in [4.78, 5) is 2.52. The minimum atomic E-state index is 0.800. The molecule has 0 saturated carbocycles. The van der Waals surface area contributed by atoms with E-state index < -0.39 is 0 Å².